The number of nitrogens with zero attached hydrogens (tertiary/aromatic N) is 6. The van der Waals surface area contributed by atoms with E-state index in [1.807, 2.05) is 30.3 Å². The molecule has 2 amide bonds. The lowest BCUT2D eigenvalue weighted by atomic mass is 9.87. The molecule has 2 saturated heterocycles. The molecule has 0 aliphatic carbocycles. The third kappa shape index (κ3) is 17.3. The number of carbonyl (C=O) groups excluding carboxylic acids is 3. The standard InChI is InChI=1S/C42H59ClN9O18P3S/c1-42(2,24-67-73(63,64)70-72(61,62)66-22-30-36(69-71(58,59)60)35(55)41(68-30)52-26-49-33-38(44)47-25-48-39(33)52)37(56)40(57)46-13-12-31(53)45-14-21-74-32(54)23-65-20-19-50-15-17-51(18-16-50)34(27-6-4-3-5-7-27)28-8-10-29(43)11-9-28/h3-11,25-26,30,34-37,41,55-56H,12-24H2,1-2H3,(H,45,53)(H,46,57)(H,61,62)(H,63,64)(H2,44,47,48)(H2,58,59,60). The average molecular weight is 1140 g/mol. The monoisotopic (exact) mass is 1140 g/mol. The molecule has 2 fully saturated rings. The van der Waals surface area contributed by atoms with Crippen molar-refractivity contribution in [1.29, 1.82) is 0 Å². The van der Waals surface area contributed by atoms with E-state index < -0.39 is 84.6 Å². The summed E-state index contributed by atoms with van der Waals surface area (Å²) in [7, 11) is -16.5. The zero-order chi connectivity index (χ0) is 53.8. The summed E-state index contributed by atoms with van der Waals surface area (Å²) in [6.45, 7) is 4.73. The van der Waals surface area contributed by atoms with E-state index in [9.17, 15) is 57.9 Å². The van der Waals surface area contributed by atoms with Crippen LogP contribution in [-0.4, -0.2) is 178 Å². The van der Waals surface area contributed by atoms with Gasteiger partial charge in [0.25, 0.3) is 0 Å². The number of fused-ring (bicyclic) bond motifs is 1. The highest BCUT2D eigenvalue weighted by Gasteiger charge is 2.50. The van der Waals surface area contributed by atoms with Gasteiger partial charge in [-0.25, -0.2) is 28.6 Å². The summed E-state index contributed by atoms with van der Waals surface area (Å²) in [6, 6.07) is 18.4. The van der Waals surface area contributed by atoms with Crippen molar-refractivity contribution in [2.45, 2.75) is 57.0 Å². The largest absolute Gasteiger partial charge is 0.481 e. The van der Waals surface area contributed by atoms with E-state index in [0.717, 1.165) is 55.2 Å². The van der Waals surface area contributed by atoms with Crippen molar-refractivity contribution in [2.24, 2.45) is 5.41 Å². The maximum Gasteiger partial charge on any atom is 0.481 e. The molecule has 10 N–H and O–H groups in total. The number of hydrogen-bond acceptors (Lipinski definition) is 21. The van der Waals surface area contributed by atoms with Crippen LogP contribution < -0.4 is 16.4 Å². The second-order valence-electron chi connectivity index (χ2n) is 17.6. The lowest BCUT2D eigenvalue weighted by Gasteiger charge is -2.39. The number of rotatable bonds is 27. The number of phosphoric acid groups is 3. The molecule has 0 spiro atoms. The number of ether oxygens (including phenoxy) is 2. The van der Waals surface area contributed by atoms with Crippen LogP contribution in [0.2, 0.25) is 5.02 Å². The molecule has 74 heavy (non-hydrogen) atoms. The van der Waals surface area contributed by atoms with Crippen LogP contribution in [-0.2, 0) is 55.4 Å². The number of nitrogen functional groups attached to an aromatic ring is 1. The van der Waals surface area contributed by atoms with Gasteiger partial charge >= 0.3 is 23.5 Å². The Kier molecular flexibility index (Phi) is 21.3. The lowest BCUT2D eigenvalue weighted by molar-refractivity contribution is -0.137. The predicted octanol–water partition coefficient (Wildman–Crippen LogP) is 1.74. The number of nitrogens with one attached hydrogen (secondary N) is 2. The molecule has 2 aliphatic heterocycles. The summed E-state index contributed by atoms with van der Waals surface area (Å²) < 4.78 is 68.2. The lowest BCUT2D eigenvalue weighted by Crippen LogP contribution is -2.48. The minimum absolute atomic E-state index is 0.0258. The molecule has 32 heteroatoms. The Morgan fingerprint density at radius 2 is 1.61 bits per heavy atom. The molecule has 6 rings (SSSR count). The van der Waals surface area contributed by atoms with Gasteiger partial charge in [-0.2, -0.15) is 4.31 Å². The van der Waals surface area contributed by atoms with Crippen LogP contribution in [0.1, 0.15) is 43.7 Å². The quantitative estimate of drug-likeness (QED) is 0.0303. The van der Waals surface area contributed by atoms with Crippen LogP contribution in [0.5, 0.6) is 0 Å². The van der Waals surface area contributed by atoms with Gasteiger partial charge in [0.15, 0.2) is 17.7 Å². The number of aliphatic hydroxyl groups is 2. The zero-order valence-electron chi connectivity index (χ0n) is 40.0. The van der Waals surface area contributed by atoms with E-state index in [1.165, 1.54) is 25.0 Å². The Bertz CT molecular complexity index is 2670. The molecule has 27 nitrogen and oxygen atoms in total. The van der Waals surface area contributed by atoms with Gasteiger partial charge < -0.3 is 55.6 Å². The smallest absolute Gasteiger partial charge is 0.386 e. The van der Waals surface area contributed by atoms with Crippen molar-refractivity contribution < 1.29 is 85.2 Å². The van der Waals surface area contributed by atoms with Gasteiger partial charge in [0.2, 0.25) is 16.9 Å². The van der Waals surface area contributed by atoms with Crippen molar-refractivity contribution in [3.05, 3.63) is 83.4 Å². The number of thioether (sulfide) groups is 1. The number of amides is 2. The molecule has 4 heterocycles. The molecule has 0 bridgehead atoms. The number of benzene rings is 2. The second-order valence-corrected chi connectivity index (χ2v) is 23.4. The van der Waals surface area contributed by atoms with E-state index in [-0.39, 0.29) is 60.0 Å². The second kappa shape index (κ2) is 26.5. The summed E-state index contributed by atoms with van der Waals surface area (Å²) in [5.74, 6) is -1.23. The number of aromatic nitrogens is 4. The van der Waals surface area contributed by atoms with Gasteiger partial charge in [-0.1, -0.05) is 79.7 Å². The SMILES string of the molecule is CC(C)(COP(=O)(O)OP(=O)(O)OCC1OC(n2cnc3c(N)ncnc32)C(O)C1OP(=O)(O)O)C(O)C(=O)NCCC(=O)NCCSC(=O)COCCN1CCN(C(c2ccccc2)c2ccc(Cl)cc2)CC1. The molecule has 2 aromatic heterocycles. The summed E-state index contributed by atoms with van der Waals surface area (Å²) >= 11 is 7.17. The van der Waals surface area contributed by atoms with E-state index in [2.05, 4.69) is 68.5 Å². The first-order valence-electron chi connectivity index (χ1n) is 22.8. The molecule has 2 aliphatic rings. The molecular formula is C42H59ClN9O18P3S. The molecule has 2 aromatic carbocycles. The van der Waals surface area contributed by atoms with E-state index in [4.69, 9.17) is 35.9 Å². The first-order chi connectivity index (χ1) is 34.9. The normalized spacial score (nSPS) is 21.4. The van der Waals surface area contributed by atoms with Crippen molar-refractivity contribution in [3.63, 3.8) is 0 Å². The Hall–Kier alpha value is -3.83. The number of imidazole rings is 1. The van der Waals surface area contributed by atoms with Gasteiger partial charge in [0.05, 0.1) is 32.2 Å². The third-order valence-corrected chi connectivity index (χ3v) is 15.8. The Balaban J connectivity index is 0.831. The number of phosphoric ester groups is 3. The fourth-order valence-corrected chi connectivity index (χ4v) is 11.4. The maximum atomic E-state index is 12.8. The molecule has 8 unspecified atom stereocenters. The topological polar surface area (TPSA) is 379 Å². The number of anilines is 1. The highest BCUT2D eigenvalue weighted by molar-refractivity contribution is 8.13. The number of aliphatic hydroxyl groups excluding tert-OH is 2. The number of hydrogen-bond donors (Lipinski definition) is 9. The number of halogens is 1. The van der Waals surface area contributed by atoms with Crippen molar-refractivity contribution in [1.82, 2.24) is 40.0 Å². The highest BCUT2D eigenvalue weighted by atomic mass is 35.5. The van der Waals surface area contributed by atoms with Gasteiger partial charge in [0.1, 0.15) is 42.9 Å². The molecule has 408 valence electrons. The van der Waals surface area contributed by atoms with Crippen molar-refractivity contribution >= 4 is 80.7 Å². The van der Waals surface area contributed by atoms with Gasteiger partial charge in [-0.15, -0.1) is 0 Å². The van der Waals surface area contributed by atoms with E-state index in [1.54, 1.807) is 0 Å². The first kappa shape index (κ1) is 59.4. The van der Waals surface area contributed by atoms with Crippen molar-refractivity contribution in [3.8, 4) is 0 Å². The molecular weight excluding hydrogens is 1080 g/mol. The van der Waals surface area contributed by atoms with Gasteiger partial charge in [-0.3, -0.25) is 42.3 Å². The summed E-state index contributed by atoms with van der Waals surface area (Å²) in [5.41, 5.74) is 6.63. The Labute approximate surface area is 433 Å². The van der Waals surface area contributed by atoms with Crippen LogP contribution in [0, 0.1) is 5.41 Å². The van der Waals surface area contributed by atoms with Crippen LogP contribution in [0.25, 0.3) is 11.2 Å². The molecule has 0 radical (unpaired) electrons. The third-order valence-electron chi connectivity index (χ3n) is 11.6. The minimum atomic E-state index is -5.60. The minimum Gasteiger partial charge on any atom is -0.386 e. The van der Waals surface area contributed by atoms with Crippen LogP contribution in [0.3, 0.4) is 0 Å². The summed E-state index contributed by atoms with van der Waals surface area (Å²) in [5, 5.41) is 27.1. The Morgan fingerprint density at radius 3 is 2.30 bits per heavy atom. The van der Waals surface area contributed by atoms with E-state index >= 15 is 0 Å². The predicted molar refractivity (Wildman–Crippen MR) is 266 cm³/mol. The molecule has 0 saturated carbocycles. The van der Waals surface area contributed by atoms with E-state index in [0.29, 0.717) is 18.2 Å². The Morgan fingerprint density at radius 1 is 0.932 bits per heavy atom. The molecule has 8 atom stereocenters. The van der Waals surface area contributed by atoms with Crippen LogP contribution in [0.4, 0.5) is 5.82 Å². The maximum absolute atomic E-state index is 12.8. The van der Waals surface area contributed by atoms with Gasteiger partial charge in [0, 0.05) is 68.4 Å². The fourth-order valence-electron chi connectivity index (χ4n) is 7.83. The summed E-state index contributed by atoms with van der Waals surface area (Å²) in [6.07, 6.45) is -7.01. The number of piperazine rings is 1. The average Bonchev–Trinajstić information content (AvgIpc) is 3.91. The van der Waals surface area contributed by atoms with Gasteiger partial charge in [-0.05, 0) is 23.3 Å². The summed E-state index contributed by atoms with van der Waals surface area (Å²) in [4.78, 5) is 93.6. The fraction of sp³-hybridized carbons (Fsp3) is 0.524. The highest BCUT2D eigenvalue weighted by Crippen LogP contribution is 2.61. The number of carbonyl (C=O) groups is 3. The zero-order valence-corrected chi connectivity index (χ0v) is 44.2. The van der Waals surface area contributed by atoms with Crippen LogP contribution >= 0.6 is 46.8 Å². The van der Waals surface area contributed by atoms with Crippen molar-refractivity contribution in [2.75, 3.05) is 83.7 Å². The molecule has 4 aromatic rings. The first-order valence-corrected chi connectivity index (χ1v) is 28.7. The number of nitrogens with two attached hydrogens (primary N) is 1. The van der Waals surface area contributed by atoms with Crippen LogP contribution in [0.15, 0.2) is 67.3 Å².